The van der Waals surface area contributed by atoms with E-state index in [0.717, 1.165) is 44.1 Å². The minimum Gasteiger partial charge on any atom is -0.331 e. The van der Waals surface area contributed by atoms with Gasteiger partial charge in [-0.15, -0.1) is 0 Å². The van der Waals surface area contributed by atoms with Crippen molar-refractivity contribution in [2.45, 2.75) is 51.5 Å². The average molecular weight is 291 g/mol. The fourth-order valence-electron chi connectivity index (χ4n) is 3.42. The molecule has 6 heteroatoms. The van der Waals surface area contributed by atoms with Gasteiger partial charge in [0.1, 0.15) is 5.82 Å². The van der Waals surface area contributed by atoms with E-state index >= 15 is 0 Å². The maximum absolute atomic E-state index is 12.6. The number of carbonyl (C=O) groups excluding carboxylic acids is 1. The minimum atomic E-state index is 0.0643. The van der Waals surface area contributed by atoms with Gasteiger partial charge in [-0.25, -0.2) is 4.98 Å². The highest BCUT2D eigenvalue weighted by Gasteiger charge is 2.33. The first-order chi connectivity index (χ1) is 10.2. The minimum absolute atomic E-state index is 0.0643. The fourth-order valence-corrected chi connectivity index (χ4v) is 3.42. The molecule has 3 heterocycles. The number of aryl methyl sites for hydroxylation is 1. The van der Waals surface area contributed by atoms with Crippen LogP contribution in [0, 0.1) is 6.92 Å². The highest BCUT2D eigenvalue weighted by Crippen LogP contribution is 2.29. The van der Waals surface area contributed by atoms with Gasteiger partial charge in [0.2, 0.25) is 5.91 Å². The summed E-state index contributed by atoms with van der Waals surface area (Å²) in [5.74, 6) is 1.83. The first-order valence-electron chi connectivity index (χ1n) is 8.15. The lowest BCUT2D eigenvalue weighted by atomic mass is 10.2. The van der Waals surface area contributed by atoms with E-state index in [0.29, 0.717) is 6.54 Å². The standard InChI is InChI=1S/C15H25N5O/c1-12-16-15(18-17-12)13-7-6-10-20(13)14(21)11-19-8-4-2-3-5-9-19/h13H,2-11H2,1H3,(H,16,17,18)/t13-/m1/s1. The fraction of sp³-hybridized carbons (Fsp3) is 0.800. The Morgan fingerprint density at radius 3 is 2.62 bits per heavy atom. The highest BCUT2D eigenvalue weighted by molar-refractivity contribution is 5.79. The van der Waals surface area contributed by atoms with E-state index in [4.69, 9.17) is 0 Å². The molecule has 0 radical (unpaired) electrons. The molecule has 1 aromatic heterocycles. The van der Waals surface area contributed by atoms with Gasteiger partial charge in [-0.3, -0.25) is 14.8 Å². The van der Waals surface area contributed by atoms with Crippen molar-refractivity contribution in [3.05, 3.63) is 11.6 Å². The van der Waals surface area contributed by atoms with Crippen LogP contribution in [0.25, 0.3) is 0 Å². The van der Waals surface area contributed by atoms with Gasteiger partial charge in [-0.1, -0.05) is 12.8 Å². The summed E-state index contributed by atoms with van der Waals surface area (Å²) in [4.78, 5) is 21.3. The average Bonchev–Trinajstić information content (AvgIpc) is 3.03. The lowest BCUT2D eigenvalue weighted by molar-refractivity contribution is -0.133. The molecule has 6 nitrogen and oxygen atoms in total. The number of nitrogens with zero attached hydrogens (tertiary/aromatic N) is 4. The first-order valence-corrected chi connectivity index (χ1v) is 8.15. The molecule has 0 aliphatic carbocycles. The van der Waals surface area contributed by atoms with E-state index in [1.165, 1.54) is 25.7 Å². The summed E-state index contributed by atoms with van der Waals surface area (Å²) in [6.45, 7) is 5.41. The molecule has 1 amide bonds. The number of rotatable bonds is 3. The molecule has 3 rings (SSSR count). The van der Waals surface area contributed by atoms with E-state index in [2.05, 4.69) is 20.1 Å². The van der Waals surface area contributed by atoms with Crippen LogP contribution in [0.5, 0.6) is 0 Å². The van der Waals surface area contributed by atoms with Crippen LogP contribution >= 0.6 is 0 Å². The molecule has 0 unspecified atom stereocenters. The van der Waals surface area contributed by atoms with Gasteiger partial charge >= 0.3 is 0 Å². The van der Waals surface area contributed by atoms with Gasteiger partial charge < -0.3 is 4.90 Å². The number of aromatic amines is 1. The van der Waals surface area contributed by atoms with Crippen LogP contribution in [0.4, 0.5) is 0 Å². The summed E-state index contributed by atoms with van der Waals surface area (Å²) in [6.07, 6.45) is 7.06. The Kier molecular flexibility index (Phi) is 4.53. The Morgan fingerprint density at radius 1 is 1.19 bits per heavy atom. The molecule has 0 bridgehead atoms. The van der Waals surface area contributed by atoms with Crippen molar-refractivity contribution in [3.8, 4) is 0 Å². The summed E-state index contributed by atoms with van der Waals surface area (Å²) in [5, 5.41) is 7.13. The number of nitrogens with one attached hydrogen (secondary N) is 1. The predicted octanol–water partition coefficient (Wildman–Crippen LogP) is 1.65. The molecular formula is C15H25N5O. The molecule has 0 aromatic carbocycles. The summed E-state index contributed by atoms with van der Waals surface area (Å²) in [7, 11) is 0. The van der Waals surface area contributed by atoms with Gasteiger partial charge in [0.25, 0.3) is 0 Å². The third-order valence-corrected chi connectivity index (χ3v) is 4.54. The molecular weight excluding hydrogens is 266 g/mol. The molecule has 116 valence electrons. The van der Waals surface area contributed by atoms with Crippen molar-refractivity contribution in [1.82, 2.24) is 25.0 Å². The smallest absolute Gasteiger partial charge is 0.237 e. The quantitative estimate of drug-likeness (QED) is 0.919. The summed E-state index contributed by atoms with van der Waals surface area (Å²) >= 11 is 0. The Labute approximate surface area is 125 Å². The zero-order valence-electron chi connectivity index (χ0n) is 12.8. The third kappa shape index (κ3) is 3.43. The number of hydrogen-bond acceptors (Lipinski definition) is 4. The van der Waals surface area contributed by atoms with Crippen molar-refractivity contribution in [2.75, 3.05) is 26.2 Å². The summed E-state index contributed by atoms with van der Waals surface area (Å²) in [6, 6.07) is 0.0643. The van der Waals surface area contributed by atoms with E-state index in [9.17, 15) is 4.79 Å². The van der Waals surface area contributed by atoms with E-state index in [1.54, 1.807) is 0 Å². The summed E-state index contributed by atoms with van der Waals surface area (Å²) in [5.41, 5.74) is 0. The lowest BCUT2D eigenvalue weighted by Crippen LogP contribution is -2.40. The molecule has 0 saturated carbocycles. The zero-order chi connectivity index (χ0) is 14.7. The van der Waals surface area contributed by atoms with Crippen LogP contribution in [0.2, 0.25) is 0 Å². The van der Waals surface area contributed by atoms with E-state index < -0.39 is 0 Å². The zero-order valence-corrected chi connectivity index (χ0v) is 12.8. The molecule has 1 aromatic rings. The SMILES string of the molecule is Cc1nc([C@H]2CCCN2C(=O)CN2CCCCCC2)n[nH]1. The molecule has 1 atom stereocenters. The van der Waals surface area contributed by atoms with E-state index in [1.807, 2.05) is 11.8 Å². The Morgan fingerprint density at radius 2 is 1.95 bits per heavy atom. The van der Waals surface area contributed by atoms with Crippen LogP contribution in [0.15, 0.2) is 0 Å². The first kappa shape index (κ1) is 14.5. The van der Waals surface area contributed by atoms with E-state index in [-0.39, 0.29) is 11.9 Å². The number of hydrogen-bond donors (Lipinski definition) is 1. The van der Waals surface area contributed by atoms with Crippen molar-refractivity contribution in [2.24, 2.45) is 0 Å². The molecule has 21 heavy (non-hydrogen) atoms. The van der Waals surface area contributed by atoms with Gasteiger partial charge in [0.05, 0.1) is 12.6 Å². The van der Waals surface area contributed by atoms with Crippen LogP contribution in [-0.2, 0) is 4.79 Å². The van der Waals surface area contributed by atoms with Crippen molar-refractivity contribution >= 4 is 5.91 Å². The lowest BCUT2D eigenvalue weighted by Gasteiger charge is -2.26. The number of carbonyl (C=O) groups is 1. The largest absolute Gasteiger partial charge is 0.331 e. The normalized spacial score (nSPS) is 24.2. The van der Waals surface area contributed by atoms with Gasteiger partial charge in [0, 0.05) is 6.54 Å². The second-order valence-corrected chi connectivity index (χ2v) is 6.21. The number of amides is 1. The Balaban J connectivity index is 1.62. The second-order valence-electron chi connectivity index (χ2n) is 6.21. The van der Waals surface area contributed by atoms with Crippen molar-refractivity contribution in [1.29, 1.82) is 0 Å². The van der Waals surface area contributed by atoms with Crippen LogP contribution in [0.1, 0.15) is 56.2 Å². The maximum Gasteiger partial charge on any atom is 0.237 e. The number of likely N-dealkylation sites (tertiary alicyclic amines) is 2. The van der Waals surface area contributed by atoms with Crippen molar-refractivity contribution < 1.29 is 4.79 Å². The van der Waals surface area contributed by atoms with Crippen LogP contribution in [-0.4, -0.2) is 57.1 Å². The Hall–Kier alpha value is -1.43. The van der Waals surface area contributed by atoms with Crippen molar-refractivity contribution in [3.63, 3.8) is 0 Å². The predicted molar refractivity (Wildman–Crippen MR) is 79.7 cm³/mol. The topological polar surface area (TPSA) is 65.1 Å². The third-order valence-electron chi connectivity index (χ3n) is 4.54. The molecule has 2 saturated heterocycles. The van der Waals surface area contributed by atoms with Gasteiger partial charge in [-0.05, 0) is 45.7 Å². The van der Waals surface area contributed by atoms with Crippen LogP contribution < -0.4 is 0 Å². The number of H-pyrrole nitrogens is 1. The molecule has 2 aliphatic rings. The molecule has 0 spiro atoms. The monoisotopic (exact) mass is 291 g/mol. The van der Waals surface area contributed by atoms with Crippen LogP contribution in [0.3, 0.4) is 0 Å². The number of aromatic nitrogens is 3. The molecule has 2 aliphatic heterocycles. The highest BCUT2D eigenvalue weighted by atomic mass is 16.2. The van der Waals surface area contributed by atoms with Gasteiger partial charge in [-0.2, -0.15) is 5.10 Å². The Bertz CT molecular complexity index is 478. The molecule has 1 N–H and O–H groups in total. The summed E-state index contributed by atoms with van der Waals surface area (Å²) < 4.78 is 0. The van der Waals surface area contributed by atoms with Gasteiger partial charge in [0.15, 0.2) is 5.82 Å². The second kappa shape index (κ2) is 6.56. The molecule has 2 fully saturated rings. The maximum atomic E-state index is 12.6.